The van der Waals surface area contributed by atoms with Crippen molar-refractivity contribution in [3.8, 4) is 28.6 Å². The number of hydrogen-bond acceptors (Lipinski definition) is 11. The number of hydrogen-bond donors (Lipinski definition) is 5. The Labute approximate surface area is 232 Å². The van der Waals surface area contributed by atoms with Gasteiger partial charge in [-0.1, -0.05) is 36.4 Å². The van der Waals surface area contributed by atoms with Gasteiger partial charge in [0.1, 0.15) is 53.5 Å². The van der Waals surface area contributed by atoms with Crippen LogP contribution in [0.15, 0.2) is 88.1 Å². The molecule has 41 heavy (non-hydrogen) atoms. The van der Waals surface area contributed by atoms with Gasteiger partial charge in [0.05, 0.1) is 0 Å². The smallest absolute Gasteiger partial charge is 0.330 e. The molecule has 11 heteroatoms. The first-order chi connectivity index (χ1) is 19.7. The maximum Gasteiger partial charge on any atom is 0.330 e. The lowest BCUT2D eigenvalue weighted by Crippen LogP contribution is -2.60. The van der Waals surface area contributed by atoms with Crippen LogP contribution in [-0.4, -0.2) is 68.8 Å². The summed E-state index contributed by atoms with van der Waals surface area (Å²) in [5.41, 5.74) is 0.300. The molecule has 0 saturated carbocycles. The molecule has 0 amide bonds. The minimum atomic E-state index is -1.83. The molecule has 11 nitrogen and oxygen atoms in total. The summed E-state index contributed by atoms with van der Waals surface area (Å²) in [5, 5.41) is 51.4. The van der Waals surface area contributed by atoms with Gasteiger partial charge >= 0.3 is 5.97 Å². The Balaban J connectivity index is 1.41. The zero-order valence-electron chi connectivity index (χ0n) is 21.4. The van der Waals surface area contributed by atoms with Crippen LogP contribution in [0.1, 0.15) is 5.56 Å². The Hall–Kier alpha value is -4.68. The van der Waals surface area contributed by atoms with Crippen molar-refractivity contribution in [2.24, 2.45) is 0 Å². The van der Waals surface area contributed by atoms with E-state index in [2.05, 4.69) is 0 Å². The Morgan fingerprint density at radius 3 is 2.34 bits per heavy atom. The number of aliphatic hydroxyl groups is 3. The Kier molecular flexibility index (Phi) is 8.04. The summed E-state index contributed by atoms with van der Waals surface area (Å²) in [6.07, 6.45) is -5.64. The number of carbonyl (C=O) groups excluding carboxylic acids is 1. The van der Waals surface area contributed by atoms with Crippen molar-refractivity contribution < 1.29 is 49.0 Å². The van der Waals surface area contributed by atoms with Crippen LogP contribution in [0.4, 0.5) is 0 Å². The fourth-order valence-electron chi connectivity index (χ4n) is 4.32. The first-order valence-electron chi connectivity index (χ1n) is 12.6. The largest absolute Gasteiger partial charge is 0.508 e. The summed E-state index contributed by atoms with van der Waals surface area (Å²) in [4.78, 5) is 25.7. The van der Waals surface area contributed by atoms with Gasteiger partial charge in [-0.05, 0) is 48.0 Å². The third-order valence-electron chi connectivity index (χ3n) is 6.49. The number of phenolic OH excluding ortho intramolecular Hbond substituents is 2. The summed E-state index contributed by atoms with van der Waals surface area (Å²) in [7, 11) is 0. The van der Waals surface area contributed by atoms with Crippen LogP contribution < -0.4 is 10.2 Å². The summed E-state index contributed by atoms with van der Waals surface area (Å²) >= 11 is 0. The lowest BCUT2D eigenvalue weighted by Gasteiger charge is -2.39. The van der Waals surface area contributed by atoms with Crippen LogP contribution in [0.25, 0.3) is 28.4 Å². The molecular formula is C30H26O11. The fourth-order valence-corrected chi connectivity index (χ4v) is 4.32. The molecule has 0 aliphatic carbocycles. The van der Waals surface area contributed by atoms with Gasteiger partial charge < -0.3 is 44.2 Å². The molecule has 0 radical (unpaired) electrons. The Bertz CT molecular complexity index is 1610. The number of rotatable bonds is 7. The van der Waals surface area contributed by atoms with Crippen LogP contribution in [0, 0.1) is 0 Å². The van der Waals surface area contributed by atoms with E-state index in [1.165, 1.54) is 54.6 Å². The molecule has 1 aliphatic rings. The molecule has 5 rings (SSSR count). The first kappa shape index (κ1) is 27.9. The van der Waals surface area contributed by atoms with E-state index in [1.54, 1.807) is 24.3 Å². The van der Waals surface area contributed by atoms with Gasteiger partial charge in [0.25, 0.3) is 0 Å². The fraction of sp³-hybridized carbons (Fsp3) is 0.200. The highest BCUT2D eigenvalue weighted by Crippen LogP contribution is 2.36. The normalized spacial score (nSPS) is 22.6. The molecule has 212 valence electrons. The average Bonchev–Trinajstić information content (AvgIpc) is 2.97. The number of ether oxygens (including phenoxy) is 3. The minimum absolute atomic E-state index is 0.0411. The molecule has 2 heterocycles. The molecule has 1 aromatic heterocycles. The molecule has 4 aromatic rings. The zero-order valence-corrected chi connectivity index (χ0v) is 21.4. The number of phenols is 2. The van der Waals surface area contributed by atoms with Crippen molar-refractivity contribution >= 4 is 23.0 Å². The maximum atomic E-state index is 13.5. The number of carbonyl (C=O) groups is 1. The van der Waals surface area contributed by atoms with E-state index in [9.17, 15) is 35.1 Å². The second kappa shape index (κ2) is 11.8. The SMILES string of the molecule is O=C(/C=C/c1ccccc1)OC[C@H]1O[C@@H](Oc2c(-c3ccc(O)cc3)oc3cccc(O)c3c2=O)[C@H](O)[C@@H](O)[C@@H]1O. The van der Waals surface area contributed by atoms with Gasteiger partial charge in [-0.2, -0.15) is 0 Å². The minimum Gasteiger partial charge on any atom is -0.508 e. The molecule has 1 saturated heterocycles. The van der Waals surface area contributed by atoms with E-state index in [0.29, 0.717) is 5.56 Å². The quantitative estimate of drug-likeness (QED) is 0.165. The van der Waals surface area contributed by atoms with Gasteiger partial charge in [0, 0.05) is 11.6 Å². The molecule has 0 unspecified atom stereocenters. The Morgan fingerprint density at radius 2 is 1.61 bits per heavy atom. The molecule has 5 N–H and O–H groups in total. The average molecular weight is 563 g/mol. The summed E-state index contributed by atoms with van der Waals surface area (Å²) in [6, 6.07) is 18.8. The topological polar surface area (TPSA) is 176 Å². The molecule has 5 atom stereocenters. The van der Waals surface area contributed by atoms with Crippen LogP contribution in [0.5, 0.6) is 17.2 Å². The molecule has 0 spiro atoms. The standard InChI is InChI=1S/C30H26O11/c31-18-12-10-17(11-13-18)28-29(25(35)23-19(32)7-4-8-20(23)39-28)41-30-27(37)26(36)24(34)21(40-30)15-38-22(33)14-9-16-5-2-1-3-6-16/h1-14,21,24,26-27,30-32,34,36-37H,15H2/b14-9+/t21-,24-,26+,27-,30+/m1/s1. The molecule has 1 fully saturated rings. The number of fused-ring (bicyclic) bond motifs is 1. The van der Waals surface area contributed by atoms with Gasteiger partial charge in [-0.25, -0.2) is 4.79 Å². The van der Waals surface area contributed by atoms with E-state index in [-0.39, 0.29) is 28.2 Å². The monoisotopic (exact) mass is 562 g/mol. The number of benzene rings is 3. The highest BCUT2D eigenvalue weighted by Gasteiger charge is 2.46. The van der Waals surface area contributed by atoms with Crippen molar-refractivity contribution in [1.29, 1.82) is 0 Å². The van der Waals surface area contributed by atoms with E-state index in [4.69, 9.17) is 18.6 Å². The summed E-state index contributed by atoms with van der Waals surface area (Å²) in [5.74, 6) is -1.76. The molecule has 0 bridgehead atoms. The molecular weight excluding hydrogens is 536 g/mol. The number of aromatic hydroxyl groups is 2. The van der Waals surface area contributed by atoms with Crippen molar-refractivity contribution in [3.05, 3.63) is 94.7 Å². The zero-order chi connectivity index (χ0) is 29.1. The number of aliphatic hydroxyl groups excluding tert-OH is 3. The van der Waals surface area contributed by atoms with E-state index in [1.807, 2.05) is 6.07 Å². The third-order valence-corrected chi connectivity index (χ3v) is 6.49. The van der Waals surface area contributed by atoms with Crippen molar-refractivity contribution in [2.75, 3.05) is 6.61 Å². The maximum absolute atomic E-state index is 13.5. The van der Waals surface area contributed by atoms with E-state index in [0.717, 1.165) is 5.56 Å². The van der Waals surface area contributed by atoms with Gasteiger partial charge in [0.2, 0.25) is 17.5 Å². The van der Waals surface area contributed by atoms with E-state index < -0.39 is 54.5 Å². The number of esters is 1. The highest BCUT2D eigenvalue weighted by molar-refractivity contribution is 5.87. The second-order valence-electron chi connectivity index (χ2n) is 9.29. The predicted molar refractivity (Wildman–Crippen MR) is 145 cm³/mol. The summed E-state index contributed by atoms with van der Waals surface area (Å²) in [6.45, 7) is -0.513. The van der Waals surface area contributed by atoms with E-state index >= 15 is 0 Å². The van der Waals surface area contributed by atoms with Gasteiger partial charge in [-0.3, -0.25) is 4.79 Å². The van der Waals surface area contributed by atoms with Gasteiger partial charge in [-0.15, -0.1) is 0 Å². The van der Waals surface area contributed by atoms with Gasteiger partial charge in [0.15, 0.2) is 5.76 Å². The highest BCUT2D eigenvalue weighted by atomic mass is 16.7. The van der Waals surface area contributed by atoms with Crippen molar-refractivity contribution in [2.45, 2.75) is 30.7 Å². The molecule has 3 aromatic carbocycles. The van der Waals surface area contributed by atoms with Crippen LogP contribution in [-0.2, 0) is 14.3 Å². The first-order valence-corrected chi connectivity index (χ1v) is 12.6. The molecule has 1 aliphatic heterocycles. The predicted octanol–water partition coefficient (Wildman–Crippen LogP) is 2.31. The van der Waals surface area contributed by atoms with Crippen LogP contribution >= 0.6 is 0 Å². The van der Waals surface area contributed by atoms with Crippen LogP contribution in [0.2, 0.25) is 0 Å². The lowest BCUT2D eigenvalue weighted by molar-refractivity contribution is -0.278. The second-order valence-corrected chi connectivity index (χ2v) is 9.29. The summed E-state index contributed by atoms with van der Waals surface area (Å²) < 4.78 is 22.4. The Morgan fingerprint density at radius 1 is 0.878 bits per heavy atom. The van der Waals surface area contributed by atoms with Crippen molar-refractivity contribution in [1.82, 2.24) is 0 Å². The van der Waals surface area contributed by atoms with Crippen LogP contribution in [0.3, 0.4) is 0 Å². The third kappa shape index (κ3) is 5.93. The lowest BCUT2D eigenvalue weighted by atomic mass is 9.99. The van der Waals surface area contributed by atoms with Crippen molar-refractivity contribution in [3.63, 3.8) is 0 Å².